The summed E-state index contributed by atoms with van der Waals surface area (Å²) in [4.78, 5) is 16.7. The van der Waals surface area contributed by atoms with Crippen molar-refractivity contribution in [3.8, 4) is 11.3 Å². The second-order valence-electron chi connectivity index (χ2n) is 12.5. The summed E-state index contributed by atoms with van der Waals surface area (Å²) in [6, 6.07) is 29.8. The fourth-order valence-corrected chi connectivity index (χ4v) is 7.18. The number of pyridine rings is 2. The zero-order chi connectivity index (χ0) is 32.5. The molecule has 4 nitrogen and oxygen atoms in total. The number of nitrogens with zero attached hydrogens (tertiary/aromatic N) is 2. The third kappa shape index (κ3) is 6.20. The first-order valence-electron chi connectivity index (χ1n) is 16.7. The van der Waals surface area contributed by atoms with Gasteiger partial charge in [-0.15, -0.1) is 34.9 Å². The summed E-state index contributed by atoms with van der Waals surface area (Å²) >= 11 is 0. The molecule has 4 aromatic carbocycles. The number of para-hydroxylation sites is 2. The van der Waals surface area contributed by atoms with Crippen LogP contribution in [0.3, 0.4) is 0 Å². The number of aromatic nitrogens is 2. The van der Waals surface area contributed by atoms with Crippen molar-refractivity contribution >= 4 is 54.7 Å². The molecule has 0 aliphatic carbocycles. The van der Waals surface area contributed by atoms with E-state index in [0.717, 1.165) is 48.0 Å². The first kappa shape index (κ1) is 34.3. The Kier molecular flexibility index (Phi) is 10.5. The molecule has 5 heteroatoms. The van der Waals surface area contributed by atoms with E-state index in [1.165, 1.54) is 55.0 Å². The number of aliphatic hydroxyl groups excluding tert-OH is 1. The standard InChI is InChI=1S/C29H19N2.C13H24O2.Ir/c1-17-13-18(2)15-19(14-17)28-24-11-5-8-21-23-10-6-9-22-20-7-3-4-12-25(20)31(29(22)23)26(16-30-28)27(21)24;1-5-10(6-2)12(14)9-13(15)11(7-3)8-4;/h3-14,16H,1-2H3;9-11,14H,5-8H2,1-4H3;/q-1;;/b;12-9-;. The minimum atomic E-state index is 0. The molecule has 7 rings (SSSR count). The molecule has 0 amide bonds. The zero-order valence-electron chi connectivity index (χ0n) is 28.1. The van der Waals surface area contributed by atoms with E-state index in [1.807, 2.05) is 27.7 Å². The van der Waals surface area contributed by atoms with Crippen molar-refractivity contribution in [2.24, 2.45) is 11.8 Å². The van der Waals surface area contributed by atoms with Gasteiger partial charge in [-0.05, 0) is 48.2 Å². The summed E-state index contributed by atoms with van der Waals surface area (Å²) in [7, 11) is 0. The monoisotopic (exact) mass is 800 g/mol. The number of hydrogen-bond acceptors (Lipinski definition) is 3. The van der Waals surface area contributed by atoms with Crippen LogP contribution in [0.25, 0.3) is 60.1 Å². The van der Waals surface area contributed by atoms with Crippen molar-refractivity contribution in [3.05, 3.63) is 108 Å². The Balaban J connectivity index is 0.000000234. The normalized spacial score (nSPS) is 12.0. The molecule has 0 aliphatic rings. The van der Waals surface area contributed by atoms with Crippen LogP contribution in [0.4, 0.5) is 0 Å². The first-order chi connectivity index (χ1) is 22.3. The SMILES string of the molecule is CCC(CC)C(=O)/C=C(\O)C(CC)CC.Cc1[c-]c(-c2ncc3c4c2cccc4c2cccc4c5ccccc5n3c24)cc(C)c1.[Ir]. The Morgan fingerprint density at radius 2 is 1.38 bits per heavy atom. The Labute approximate surface area is 291 Å². The minimum Gasteiger partial charge on any atom is -0.512 e. The van der Waals surface area contributed by atoms with Crippen molar-refractivity contribution in [2.45, 2.75) is 67.2 Å². The number of hydrogen-bond donors (Lipinski definition) is 1. The number of carbonyl (C=O) groups is 1. The number of ketones is 1. The van der Waals surface area contributed by atoms with Crippen LogP contribution in [0.2, 0.25) is 0 Å². The number of aliphatic hydroxyl groups is 1. The van der Waals surface area contributed by atoms with Gasteiger partial charge in [-0.25, -0.2) is 0 Å². The summed E-state index contributed by atoms with van der Waals surface area (Å²) in [5.41, 5.74) is 8.09. The van der Waals surface area contributed by atoms with E-state index in [0.29, 0.717) is 0 Å². The molecule has 0 saturated heterocycles. The molecule has 0 fully saturated rings. The Morgan fingerprint density at radius 1 is 0.787 bits per heavy atom. The molecule has 0 unspecified atom stereocenters. The van der Waals surface area contributed by atoms with Gasteiger partial charge in [0.1, 0.15) is 0 Å². The number of carbonyl (C=O) groups excluding carboxylic acids is 1. The van der Waals surface area contributed by atoms with Crippen LogP contribution in [0.5, 0.6) is 0 Å². The van der Waals surface area contributed by atoms with E-state index < -0.39 is 0 Å². The molecule has 1 N–H and O–H groups in total. The molecule has 0 atom stereocenters. The van der Waals surface area contributed by atoms with Gasteiger partial charge in [-0.3, -0.25) is 4.79 Å². The first-order valence-corrected chi connectivity index (χ1v) is 16.7. The predicted molar refractivity (Wildman–Crippen MR) is 194 cm³/mol. The fourth-order valence-electron chi connectivity index (χ4n) is 7.18. The predicted octanol–water partition coefficient (Wildman–Crippen LogP) is 11.3. The third-order valence-electron chi connectivity index (χ3n) is 9.60. The number of aryl methyl sites for hydroxylation is 2. The fraction of sp³-hybridized carbons (Fsp3) is 0.286. The quantitative estimate of drug-likeness (QED) is 0.0548. The van der Waals surface area contributed by atoms with Crippen molar-refractivity contribution in [1.29, 1.82) is 0 Å². The van der Waals surface area contributed by atoms with Gasteiger partial charge in [0.25, 0.3) is 0 Å². The molecule has 3 heterocycles. The van der Waals surface area contributed by atoms with Gasteiger partial charge in [0, 0.05) is 65.8 Å². The molecule has 7 aromatic rings. The van der Waals surface area contributed by atoms with Crippen LogP contribution in [0, 0.1) is 31.7 Å². The van der Waals surface area contributed by atoms with Gasteiger partial charge in [0.15, 0.2) is 5.78 Å². The Bertz CT molecular complexity index is 2200. The smallest absolute Gasteiger partial charge is 0.162 e. The van der Waals surface area contributed by atoms with Gasteiger partial charge in [-0.2, -0.15) is 0 Å². The summed E-state index contributed by atoms with van der Waals surface area (Å²) < 4.78 is 2.40. The largest absolute Gasteiger partial charge is 0.512 e. The molecular weight excluding hydrogens is 757 g/mol. The summed E-state index contributed by atoms with van der Waals surface area (Å²) in [5.74, 6) is 0.547. The van der Waals surface area contributed by atoms with E-state index in [2.05, 4.69) is 103 Å². The molecule has 3 aromatic heterocycles. The summed E-state index contributed by atoms with van der Waals surface area (Å²) in [5, 5.41) is 17.3. The Hall–Kier alpha value is -4.05. The van der Waals surface area contributed by atoms with Gasteiger partial charge >= 0.3 is 0 Å². The number of benzene rings is 4. The molecule has 47 heavy (non-hydrogen) atoms. The van der Waals surface area contributed by atoms with Crippen LogP contribution < -0.4 is 0 Å². The molecule has 1 radical (unpaired) electrons. The zero-order valence-corrected chi connectivity index (χ0v) is 30.5. The van der Waals surface area contributed by atoms with Crippen LogP contribution in [-0.4, -0.2) is 20.3 Å². The molecular formula is C42H43IrN2O2-. The topological polar surface area (TPSA) is 54.6 Å². The molecule has 243 valence electrons. The van der Waals surface area contributed by atoms with Crippen LogP contribution >= 0.6 is 0 Å². The molecule has 0 spiro atoms. The number of fused-ring (bicyclic) bond motifs is 5. The maximum atomic E-state index is 11.7. The van der Waals surface area contributed by atoms with Crippen LogP contribution in [-0.2, 0) is 24.9 Å². The number of rotatable bonds is 8. The second kappa shape index (κ2) is 14.4. The van der Waals surface area contributed by atoms with Crippen molar-refractivity contribution in [2.75, 3.05) is 0 Å². The second-order valence-corrected chi connectivity index (χ2v) is 12.5. The van der Waals surface area contributed by atoms with E-state index >= 15 is 0 Å². The van der Waals surface area contributed by atoms with Crippen LogP contribution in [0.1, 0.15) is 64.5 Å². The molecule has 0 bridgehead atoms. The van der Waals surface area contributed by atoms with Gasteiger partial charge in [0.2, 0.25) is 0 Å². The van der Waals surface area contributed by atoms with E-state index in [4.69, 9.17) is 4.98 Å². The van der Waals surface area contributed by atoms with Crippen molar-refractivity contribution in [1.82, 2.24) is 9.38 Å². The van der Waals surface area contributed by atoms with Gasteiger partial charge in [-0.1, -0.05) is 96.1 Å². The maximum absolute atomic E-state index is 11.7. The minimum absolute atomic E-state index is 0. The average molecular weight is 800 g/mol. The van der Waals surface area contributed by atoms with E-state index in [1.54, 1.807) is 0 Å². The summed E-state index contributed by atoms with van der Waals surface area (Å²) in [6.45, 7) is 12.3. The van der Waals surface area contributed by atoms with Crippen LogP contribution in [0.15, 0.2) is 90.8 Å². The summed E-state index contributed by atoms with van der Waals surface area (Å²) in [6.07, 6.45) is 6.96. The molecule has 0 aliphatic heterocycles. The van der Waals surface area contributed by atoms with E-state index in [9.17, 15) is 9.90 Å². The molecule has 0 saturated carbocycles. The average Bonchev–Trinajstić information content (AvgIpc) is 3.39. The maximum Gasteiger partial charge on any atom is 0.162 e. The third-order valence-corrected chi connectivity index (χ3v) is 9.60. The Morgan fingerprint density at radius 3 is 2.04 bits per heavy atom. The van der Waals surface area contributed by atoms with Gasteiger partial charge in [0.05, 0.1) is 22.3 Å². The van der Waals surface area contributed by atoms with E-state index in [-0.39, 0.29) is 43.5 Å². The number of allylic oxidation sites excluding steroid dienone is 2. The van der Waals surface area contributed by atoms with Crippen molar-refractivity contribution < 1.29 is 30.0 Å². The van der Waals surface area contributed by atoms with Crippen molar-refractivity contribution in [3.63, 3.8) is 0 Å². The van der Waals surface area contributed by atoms with Gasteiger partial charge < -0.3 is 14.5 Å².